The van der Waals surface area contributed by atoms with Gasteiger partial charge in [-0.25, -0.2) is 8.78 Å². The highest BCUT2D eigenvalue weighted by Gasteiger charge is 2.58. The predicted molar refractivity (Wildman–Crippen MR) is 93.9 cm³/mol. The van der Waals surface area contributed by atoms with E-state index in [4.69, 9.17) is 4.74 Å². The number of likely N-dealkylation sites (N-methyl/N-ethyl adjacent to an activating group) is 1. The maximum Gasteiger partial charge on any atom is 0.260 e. The van der Waals surface area contributed by atoms with Crippen LogP contribution in [-0.4, -0.2) is 54.0 Å². The number of nitrogens with zero attached hydrogens (tertiary/aromatic N) is 2. The number of benzene rings is 1. The molecule has 0 unspecified atom stereocenters. The number of likely N-dealkylation sites (tertiary alicyclic amines) is 2. The largest absolute Gasteiger partial charge is 0.481 e. The predicted octanol–water partition coefficient (Wildman–Crippen LogP) is 3.21. The Morgan fingerprint density at radius 2 is 2.00 bits per heavy atom. The van der Waals surface area contributed by atoms with Crippen molar-refractivity contribution in [3.63, 3.8) is 0 Å². The van der Waals surface area contributed by atoms with E-state index in [2.05, 4.69) is 18.9 Å². The van der Waals surface area contributed by atoms with E-state index in [1.807, 2.05) is 4.90 Å². The molecule has 0 N–H and O–H groups in total. The molecule has 3 aliphatic rings. The monoisotopic (exact) mass is 364 g/mol. The van der Waals surface area contributed by atoms with Crippen molar-refractivity contribution in [2.75, 3.05) is 20.2 Å². The number of hydrogen-bond donors (Lipinski definition) is 0. The summed E-state index contributed by atoms with van der Waals surface area (Å²) in [4.78, 5) is 17.3. The maximum absolute atomic E-state index is 13.7. The highest BCUT2D eigenvalue weighted by Crippen LogP contribution is 2.52. The van der Waals surface area contributed by atoms with Gasteiger partial charge in [-0.2, -0.15) is 0 Å². The second kappa shape index (κ2) is 6.48. The first-order valence-corrected chi connectivity index (χ1v) is 9.49. The summed E-state index contributed by atoms with van der Waals surface area (Å²) in [5.74, 6) is -1.63. The Labute approximate surface area is 153 Å². The minimum absolute atomic E-state index is 0.0817. The molecule has 2 heterocycles. The van der Waals surface area contributed by atoms with Gasteiger partial charge in [0.2, 0.25) is 0 Å². The molecule has 0 radical (unpaired) electrons. The number of carbonyl (C=O) groups excluding carboxylic acids is 1. The van der Waals surface area contributed by atoms with Gasteiger partial charge in [0.15, 0.2) is 18.2 Å². The SMILES string of the molecule is CN1[C@@H]2CN(C(=O)COc3ccc(F)cc3F)[C@@H]3CCCC[C@H]1[C@]3(C)C2. The van der Waals surface area contributed by atoms with Gasteiger partial charge in [0.05, 0.1) is 0 Å². The number of carbonyl (C=O) groups is 1. The van der Waals surface area contributed by atoms with Gasteiger partial charge in [0.25, 0.3) is 5.91 Å². The molecule has 4 rings (SSSR count). The molecule has 2 bridgehead atoms. The summed E-state index contributed by atoms with van der Waals surface area (Å²) in [6.07, 6.45) is 5.68. The summed E-state index contributed by atoms with van der Waals surface area (Å²) in [7, 11) is 2.18. The number of ether oxygens (including phenoxy) is 1. The number of piperidine rings is 1. The molecule has 1 aromatic carbocycles. The first-order valence-electron chi connectivity index (χ1n) is 9.49. The Hall–Kier alpha value is -1.69. The molecule has 3 fully saturated rings. The molecule has 2 aliphatic heterocycles. The topological polar surface area (TPSA) is 32.8 Å². The van der Waals surface area contributed by atoms with E-state index in [9.17, 15) is 13.6 Å². The van der Waals surface area contributed by atoms with Crippen LogP contribution in [0.1, 0.15) is 39.0 Å². The normalized spacial score (nSPS) is 33.8. The number of hydrogen-bond acceptors (Lipinski definition) is 3. The van der Waals surface area contributed by atoms with Crippen LogP contribution in [0.4, 0.5) is 8.78 Å². The van der Waals surface area contributed by atoms with Crippen LogP contribution in [0, 0.1) is 17.0 Å². The third kappa shape index (κ3) is 2.79. The molecule has 6 heteroatoms. The van der Waals surface area contributed by atoms with Gasteiger partial charge in [-0.05, 0) is 38.4 Å². The summed E-state index contributed by atoms with van der Waals surface area (Å²) >= 11 is 0. The summed E-state index contributed by atoms with van der Waals surface area (Å²) < 4.78 is 32.1. The van der Waals surface area contributed by atoms with Crippen molar-refractivity contribution < 1.29 is 18.3 Å². The highest BCUT2D eigenvalue weighted by molar-refractivity contribution is 5.78. The zero-order valence-electron chi connectivity index (χ0n) is 15.4. The third-order valence-corrected chi connectivity index (χ3v) is 6.82. The Morgan fingerprint density at radius 3 is 2.73 bits per heavy atom. The molecular weight excluding hydrogens is 338 g/mol. The molecule has 142 valence electrons. The van der Waals surface area contributed by atoms with Gasteiger partial charge in [0.1, 0.15) is 5.82 Å². The van der Waals surface area contributed by atoms with Crippen LogP contribution in [0.3, 0.4) is 0 Å². The number of fused-ring (bicyclic) bond motifs is 1. The van der Waals surface area contributed by atoms with Gasteiger partial charge >= 0.3 is 0 Å². The van der Waals surface area contributed by atoms with Crippen LogP contribution in [0.15, 0.2) is 18.2 Å². The van der Waals surface area contributed by atoms with Crippen molar-refractivity contribution in [2.45, 2.75) is 57.2 Å². The first kappa shape index (κ1) is 17.7. The van der Waals surface area contributed by atoms with E-state index < -0.39 is 11.6 Å². The second-order valence-corrected chi connectivity index (χ2v) is 8.25. The third-order valence-electron chi connectivity index (χ3n) is 6.82. The zero-order chi connectivity index (χ0) is 18.5. The molecule has 26 heavy (non-hydrogen) atoms. The molecule has 1 aromatic rings. The van der Waals surface area contributed by atoms with Gasteiger partial charge in [-0.15, -0.1) is 0 Å². The van der Waals surface area contributed by atoms with Crippen molar-refractivity contribution in [1.29, 1.82) is 0 Å². The standard InChI is InChI=1S/C20H26F2N2O2/c1-20-10-14-11-24(18(20)6-4-3-5-17(20)23(14)2)19(25)12-26-16-8-7-13(21)9-15(16)22/h7-9,14,17-18H,3-6,10-12H2,1-2H3/t14-,17-,18+,20-/m0/s1. The lowest BCUT2D eigenvalue weighted by Gasteiger charge is -2.46. The van der Waals surface area contributed by atoms with Crippen molar-refractivity contribution in [3.8, 4) is 5.75 Å². The lowest BCUT2D eigenvalue weighted by atomic mass is 9.71. The van der Waals surface area contributed by atoms with E-state index in [-0.39, 0.29) is 29.7 Å². The lowest BCUT2D eigenvalue weighted by molar-refractivity contribution is -0.141. The Morgan fingerprint density at radius 1 is 1.27 bits per heavy atom. The van der Waals surface area contributed by atoms with Crippen LogP contribution >= 0.6 is 0 Å². The molecule has 1 saturated carbocycles. The van der Waals surface area contributed by atoms with E-state index in [1.165, 1.54) is 18.9 Å². The summed E-state index contributed by atoms with van der Waals surface area (Å²) in [6.45, 7) is 2.82. The Bertz CT molecular complexity index is 713. The average molecular weight is 364 g/mol. The summed E-state index contributed by atoms with van der Waals surface area (Å²) in [5, 5.41) is 0. The van der Waals surface area contributed by atoms with Crippen LogP contribution < -0.4 is 4.74 Å². The Balaban J connectivity index is 1.51. The molecule has 4 nitrogen and oxygen atoms in total. The Kier molecular flexibility index (Phi) is 4.41. The fourth-order valence-electron chi connectivity index (χ4n) is 5.55. The molecular formula is C20H26F2N2O2. The van der Waals surface area contributed by atoms with Crippen LogP contribution in [0.5, 0.6) is 5.75 Å². The maximum atomic E-state index is 13.7. The van der Waals surface area contributed by atoms with Crippen LogP contribution in [0.2, 0.25) is 0 Å². The van der Waals surface area contributed by atoms with E-state index in [0.717, 1.165) is 31.4 Å². The van der Waals surface area contributed by atoms with Crippen molar-refractivity contribution in [1.82, 2.24) is 9.80 Å². The van der Waals surface area contributed by atoms with Crippen LogP contribution in [0.25, 0.3) is 0 Å². The molecule has 2 saturated heterocycles. The summed E-state index contributed by atoms with van der Waals surface area (Å²) in [6, 6.07) is 4.25. The van der Waals surface area contributed by atoms with Gasteiger partial charge < -0.3 is 9.64 Å². The van der Waals surface area contributed by atoms with Crippen molar-refractivity contribution >= 4 is 5.91 Å². The minimum Gasteiger partial charge on any atom is -0.481 e. The van der Waals surface area contributed by atoms with Crippen molar-refractivity contribution in [2.24, 2.45) is 5.41 Å². The zero-order valence-corrected chi connectivity index (χ0v) is 15.4. The van der Waals surface area contributed by atoms with Crippen molar-refractivity contribution in [3.05, 3.63) is 29.8 Å². The summed E-state index contributed by atoms with van der Waals surface area (Å²) in [5.41, 5.74) is 0.116. The minimum atomic E-state index is -0.780. The first-order chi connectivity index (χ1) is 12.4. The molecule has 4 atom stereocenters. The number of halogens is 2. The molecule has 0 aromatic heterocycles. The molecule has 1 amide bonds. The second-order valence-electron chi connectivity index (χ2n) is 8.25. The fourth-order valence-corrected chi connectivity index (χ4v) is 5.55. The van der Waals surface area contributed by atoms with Gasteiger partial charge in [-0.3, -0.25) is 9.69 Å². The van der Waals surface area contributed by atoms with Crippen LogP contribution in [-0.2, 0) is 4.79 Å². The molecule has 0 spiro atoms. The smallest absolute Gasteiger partial charge is 0.260 e. The average Bonchev–Trinajstić information content (AvgIpc) is 2.72. The van der Waals surface area contributed by atoms with Gasteiger partial charge in [0, 0.05) is 36.2 Å². The van der Waals surface area contributed by atoms with E-state index in [1.54, 1.807) is 0 Å². The van der Waals surface area contributed by atoms with E-state index >= 15 is 0 Å². The fraction of sp³-hybridized carbons (Fsp3) is 0.650. The van der Waals surface area contributed by atoms with Gasteiger partial charge in [-0.1, -0.05) is 19.8 Å². The number of amides is 1. The molecule has 1 aliphatic carbocycles. The quantitative estimate of drug-likeness (QED) is 0.826. The number of rotatable bonds is 3. The highest BCUT2D eigenvalue weighted by atomic mass is 19.1. The van der Waals surface area contributed by atoms with E-state index in [0.29, 0.717) is 18.6 Å². The lowest BCUT2D eigenvalue weighted by Crippen LogP contribution is -2.56.